The van der Waals surface area contributed by atoms with Gasteiger partial charge in [0.15, 0.2) is 0 Å². The molecule has 2 aromatic heterocycles. The van der Waals surface area contributed by atoms with Crippen LogP contribution in [0.15, 0.2) is 75.1 Å². The van der Waals surface area contributed by atoms with E-state index in [-0.39, 0.29) is 5.91 Å². The highest BCUT2D eigenvalue weighted by molar-refractivity contribution is 7.99. The van der Waals surface area contributed by atoms with Gasteiger partial charge >= 0.3 is 0 Å². The highest BCUT2D eigenvalue weighted by Gasteiger charge is 2.19. The van der Waals surface area contributed by atoms with E-state index in [1.807, 2.05) is 48.5 Å². The molecule has 1 amide bonds. The largest absolute Gasteiger partial charge is 0.497 e. The summed E-state index contributed by atoms with van der Waals surface area (Å²) in [4.78, 5) is 17.9. The van der Waals surface area contributed by atoms with Crippen molar-refractivity contribution in [1.82, 2.24) is 10.3 Å². The number of carbonyl (C=O) groups is 1. The van der Waals surface area contributed by atoms with E-state index >= 15 is 0 Å². The van der Waals surface area contributed by atoms with E-state index in [9.17, 15) is 4.79 Å². The number of amides is 1. The van der Waals surface area contributed by atoms with Crippen molar-refractivity contribution in [1.29, 1.82) is 0 Å². The molecule has 142 valence electrons. The van der Waals surface area contributed by atoms with E-state index in [0.29, 0.717) is 23.0 Å². The Morgan fingerprint density at radius 1 is 1.21 bits per heavy atom. The molecular weight excluding hydrogens is 396 g/mol. The van der Waals surface area contributed by atoms with Crippen LogP contribution < -0.4 is 10.1 Å². The third kappa shape index (κ3) is 3.88. The number of methoxy groups -OCH3 is 1. The number of carbonyl (C=O) groups excluding carboxylic acids is 1. The Hall–Kier alpha value is -2.83. The van der Waals surface area contributed by atoms with Crippen molar-refractivity contribution >= 4 is 40.2 Å². The fourth-order valence-corrected chi connectivity index (χ4v) is 4.00. The standard InChI is InChI=1S/C21H17ClN2O3S/c1-26-14-6-9-17-18(11-14)24-19(21(25)23-12-15-3-2-10-27-15)20(17)28-16-7-4-13(22)5-8-16/h2-11,24H,12H2,1H3,(H,23,25). The molecule has 0 fully saturated rings. The van der Waals surface area contributed by atoms with Crippen molar-refractivity contribution in [3.63, 3.8) is 0 Å². The van der Waals surface area contributed by atoms with Gasteiger partial charge in [0, 0.05) is 21.4 Å². The minimum atomic E-state index is -0.206. The first-order chi connectivity index (χ1) is 13.6. The van der Waals surface area contributed by atoms with Gasteiger partial charge in [0.2, 0.25) is 0 Å². The number of aromatic nitrogens is 1. The summed E-state index contributed by atoms with van der Waals surface area (Å²) in [6, 6.07) is 16.8. The molecule has 0 radical (unpaired) electrons. The van der Waals surface area contributed by atoms with E-state index in [1.165, 1.54) is 11.8 Å². The molecule has 5 nitrogen and oxygen atoms in total. The number of aromatic amines is 1. The fourth-order valence-electron chi connectivity index (χ4n) is 2.83. The van der Waals surface area contributed by atoms with E-state index in [4.69, 9.17) is 20.8 Å². The van der Waals surface area contributed by atoms with Gasteiger partial charge in [-0.3, -0.25) is 4.79 Å². The molecule has 0 aliphatic heterocycles. The van der Waals surface area contributed by atoms with Crippen LogP contribution in [0.5, 0.6) is 5.75 Å². The molecule has 0 spiro atoms. The first kappa shape index (κ1) is 18.5. The first-order valence-corrected chi connectivity index (χ1v) is 9.77. The van der Waals surface area contributed by atoms with E-state index < -0.39 is 0 Å². The lowest BCUT2D eigenvalue weighted by Gasteiger charge is -2.06. The summed E-state index contributed by atoms with van der Waals surface area (Å²) in [5.74, 6) is 1.21. The van der Waals surface area contributed by atoms with Crippen LogP contribution in [0.1, 0.15) is 16.2 Å². The number of furan rings is 1. The summed E-state index contributed by atoms with van der Waals surface area (Å²) >= 11 is 7.50. The molecule has 2 aromatic carbocycles. The zero-order chi connectivity index (χ0) is 19.5. The Morgan fingerprint density at radius 2 is 2.04 bits per heavy atom. The first-order valence-electron chi connectivity index (χ1n) is 8.58. The normalized spacial score (nSPS) is 10.9. The third-order valence-corrected chi connectivity index (χ3v) is 5.61. The predicted octanol–water partition coefficient (Wildman–Crippen LogP) is 5.50. The van der Waals surface area contributed by atoms with Crippen LogP contribution in [0.3, 0.4) is 0 Å². The van der Waals surface area contributed by atoms with Gasteiger partial charge in [0.1, 0.15) is 17.2 Å². The number of benzene rings is 2. The molecule has 2 heterocycles. The monoisotopic (exact) mass is 412 g/mol. The number of nitrogens with one attached hydrogen (secondary N) is 2. The van der Waals surface area contributed by atoms with Crippen molar-refractivity contribution in [3.05, 3.63) is 77.3 Å². The van der Waals surface area contributed by atoms with Crippen LogP contribution in [-0.2, 0) is 6.54 Å². The van der Waals surface area contributed by atoms with Crippen molar-refractivity contribution in [2.45, 2.75) is 16.3 Å². The van der Waals surface area contributed by atoms with Gasteiger partial charge in [-0.1, -0.05) is 23.4 Å². The Labute approximate surface area is 171 Å². The maximum absolute atomic E-state index is 12.9. The topological polar surface area (TPSA) is 67.3 Å². The number of H-pyrrole nitrogens is 1. The third-order valence-electron chi connectivity index (χ3n) is 4.22. The Kier molecular flexibility index (Phi) is 5.32. The molecule has 2 N–H and O–H groups in total. The van der Waals surface area contributed by atoms with Crippen molar-refractivity contribution in [2.24, 2.45) is 0 Å². The molecule has 0 saturated carbocycles. The number of halogens is 1. The average molecular weight is 413 g/mol. The van der Waals surface area contributed by atoms with Crippen molar-refractivity contribution in [3.8, 4) is 5.75 Å². The van der Waals surface area contributed by atoms with Crippen LogP contribution >= 0.6 is 23.4 Å². The van der Waals surface area contributed by atoms with Crippen LogP contribution in [-0.4, -0.2) is 18.0 Å². The quantitative estimate of drug-likeness (QED) is 0.438. The molecule has 0 aliphatic rings. The lowest BCUT2D eigenvalue weighted by molar-refractivity contribution is 0.0941. The molecule has 28 heavy (non-hydrogen) atoms. The zero-order valence-electron chi connectivity index (χ0n) is 15.0. The molecule has 0 unspecified atom stereocenters. The lowest BCUT2D eigenvalue weighted by atomic mass is 10.2. The second-order valence-corrected chi connectivity index (χ2v) is 7.58. The molecule has 7 heteroatoms. The summed E-state index contributed by atoms with van der Waals surface area (Å²) in [7, 11) is 1.62. The van der Waals surface area contributed by atoms with Crippen LogP contribution in [0.25, 0.3) is 10.9 Å². The summed E-state index contributed by atoms with van der Waals surface area (Å²) in [6.07, 6.45) is 1.58. The Balaban J connectivity index is 1.70. The van der Waals surface area contributed by atoms with Gasteiger partial charge in [0.25, 0.3) is 5.91 Å². The number of ether oxygens (including phenoxy) is 1. The number of hydrogen-bond acceptors (Lipinski definition) is 4. The fraction of sp³-hybridized carbons (Fsp3) is 0.0952. The highest BCUT2D eigenvalue weighted by atomic mass is 35.5. The maximum Gasteiger partial charge on any atom is 0.269 e. The Morgan fingerprint density at radius 3 is 2.75 bits per heavy atom. The van der Waals surface area contributed by atoms with Crippen molar-refractivity contribution in [2.75, 3.05) is 7.11 Å². The average Bonchev–Trinajstić information content (AvgIpc) is 3.35. The molecule has 0 saturated heterocycles. The molecule has 0 atom stereocenters. The summed E-state index contributed by atoms with van der Waals surface area (Å²) in [5.41, 5.74) is 1.33. The Bertz CT molecular complexity index is 1100. The van der Waals surface area contributed by atoms with Crippen LogP contribution in [0.2, 0.25) is 5.02 Å². The second-order valence-electron chi connectivity index (χ2n) is 6.06. The smallest absolute Gasteiger partial charge is 0.269 e. The van der Waals surface area contributed by atoms with Gasteiger partial charge in [0.05, 0.1) is 30.3 Å². The van der Waals surface area contributed by atoms with Gasteiger partial charge in [-0.2, -0.15) is 0 Å². The maximum atomic E-state index is 12.9. The second kappa shape index (κ2) is 8.04. The van der Waals surface area contributed by atoms with Gasteiger partial charge < -0.3 is 19.5 Å². The molecule has 0 aliphatic carbocycles. The van der Waals surface area contributed by atoms with Crippen LogP contribution in [0.4, 0.5) is 0 Å². The molecule has 4 aromatic rings. The summed E-state index contributed by atoms with van der Waals surface area (Å²) < 4.78 is 10.6. The van der Waals surface area contributed by atoms with E-state index in [0.717, 1.165) is 26.4 Å². The molecule has 4 rings (SSSR count). The number of rotatable bonds is 6. The predicted molar refractivity (Wildman–Crippen MR) is 110 cm³/mol. The number of hydrogen-bond donors (Lipinski definition) is 2. The SMILES string of the molecule is COc1ccc2c(Sc3ccc(Cl)cc3)c(C(=O)NCc3ccco3)[nH]c2c1. The van der Waals surface area contributed by atoms with Gasteiger partial charge in [-0.25, -0.2) is 0 Å². The molecule has 0 bridgehead atoms. The minimum Gasteiger partial charge on any atom is -0.497 e. The summed E-state index contributed by atoms with van der Waals surface area (Å²) in [5, 5.41) is 4.52. The van der Waals surface area contributed by atoms with Gasteiger partial charge in [-0.15, -0.1) is 0 Å². The lowest BCUT2D eigenvalue weighted by Crippen LogP contribution is -2.23. The van der Waals surface area contributed by atoms with Crippen LogP contribution in [0, 0.1) is 0 Å². The summed E-state index contributed by atoms with van der Waals surface area (Å²) in [6.45, 7) is 0.315. The number of fused-ring (bicyclic) bond motifs is 1. The zero-order valence-corrected chi connectivity index (χ0v) is 16.6. The van der Waals surface area contributed by atoms with Gasteiger partial charge in [-0.05, 0) is 48.5 Å². The molecular formula is C21H17ClN2O3S. The minimum absolute atomic E-state index is 0.206. The van der Waals surface area contributed by atoms with Crippen molar-refractivity contribution < 1.29 is 13.9 Å². The van der Waals surface area contributed by atoms with E-state index in [2.05, 4.69) is 10.3 Å². The highest BCUT2D eigenvalue weighted by Crippen LogP contribution is 2.38. The van der Waals surface area contributed by atoms with E-state index in [1.54, 1.807) is 19.4 Å².